The van der Waals surface area contributed by atoms with Gasteiger partial charge in [-0.2, -0.15) is 5.10 Å². The van der Waals surface area contributed by atoms with Gasteiger partial charge in [0.1, 0.15) is 0 Å². The maximum absolute atomic E-state index is 4.88. The fourth-order valence-corrected chi connectivity index (χ4v) is 3.68. The van der Waals surface area contributed by atoms with Crippen molar-refractivity contribution in [2.75, 3.05) is 6.54 Å². The maximum Gasteiger partial charge on any atom is 0.0675 e. The van der Waals surface area contributed by atoms with Crippen molar-refractivity contribution in [2.45, 2.75) is 84.7 Å². The minimum absolute atomic E-state index is 0.544. The van der Waals surface area contributed by atoms with E-state index in [1.54, 1.807) is 0 Å². The monoisotopic (exact) mass is 277 g/mol. The van der Waals surface area contributed by atoms with Crippen LogP contribution in [0.4, 0.5) is 0 Å². The lowest BCUT2D eigenvalue weighted by molar-refractivity contribution is 0.304. The van der Waals surface area contributed by atoms with Gasteiger partial charge >= 0.3 is 0 Å². The lowest BCUT2D eigenvalue weighted by Crippen LogP contribution is -2.38. The molecule has 0 saturated heterocycles. The highest BCUT2D eigenvalue weighted by Crippen LogP contribution is 2.30. The van der Waals surface area contributed by atoms with Crippen LogP contribution in [0.15, 0.2) is 0 Å². The molecule has 0 aromatic carbocycles. The SMILES string of the molecule is CCCNC1CCCCCC1n1nc(C)c(CC)c1C. The van der Waals surface area contributed by atoms with Crippen LogP contribution in [0, 0.1) is 13.8 Å². The molecule has 1 aliphatic carbocycles. The van der Waals surface area contributed by atoms with E-state index >= 15 is 0 Å². The van der Waals surface area contributed by atoms with E-state index in [0.29, 0.717) is 12.1 Å². The van der Waals surface area contributed by atoms with Gasteiger partial charge in [0, 0.05) is 11.7 Å². The summed E-state index contributed by atoms with van der Waals surface area (Å²) in [5.74, 6) is 0. The van der Waals surface area contributed by atoms with Crippen LogP contribution < -0.4 is 5.32 Å². The van der Waals surface area contributed by atoms with E-state index in [4.69, 9.17) is 5.10 Å². The van der Waals surface area contributed by atoms with Crippen molar-refractivity contribution in [1.82, 2.24) is 15.1 Å². The minimum Gasteiger partial charge on any atom is -0.312 e. The van der Waals surface area contributed by atoms with Gasteiger partial charge in [0.15, 0.2) is 0 Å². The molecule has 0 spiro atoms. The summed E-state index contributed by atoms with van der Waals surface area (Å²) < 4.78 is 2.34. The van der Waals surface area contributed by atoms with E-state index in [1.165, 1.54) is 55.5 Å². The first-order valence-corrected chi connectivity index (χ1v) is 8.47. The Labute approximate surface area is 124 Å². The summed E-state index contributed by atoms with van der Waals surface area (Å²) in [6.45, 7) is 10.0. The molecule has 1 aromatic heterocycles. The molecule has 3 heteroatoms. The van der Waals surface area contributed by atoms with Gasteiger partial charge in [-0.3, -0.25) is 4.68 Å². The van der Waals surface area contributed by atoms with Crippen molar-refractivity contribution in [1.29, 1.82) is 0 Å². The van der Waals surface area contributed by atoms with E-state index in [0.717, 1.165) is 13.0 Å². The highest BCUT2D eigenvalue weighted by Gasteiger charge is 2.27. The van der Waals surface area contributed by atoms with Crippen molar-refractivity contribution in [3.05, 3.63) is 17.0 Å². The average molecular weight is 277 g/mol. The highest BCUT2D eigenvalue weighted by molar-refractivity contribution is 5.25. The van der Waals surface area contributed by atoms with Crippen molar-refractivity contribution in [2.24, 2.45) is 0 Å². The molecule has 20 heavy (non-hydrogen) atoms. The van der Waals surface area contributed by atoms with Crippen LogP contribution in [0.2, 0.25) is 0 Å². The molecule has 114 valence electrons. The summed E-state index contributed by atoms with van der Waals surface area (Å²) in [4.78, 5) is 0. The van der Waals surface area contributed by atoms with E-state index in [9.17, 15) is 0 Å². The second kappa shape index (κ2) is 7.26. The third-order valence-electron chi connectivity index (χ3n) is 4.78. The van der Waals surface area contributed by atoms with Crippen molar-refractivity contribution >= 4 is 0 Å². The maximum atomic E-state index is 4.88. The third-order valence-corrected chi connectivity index (χ3v) is 4.78. The number of hydrogen-bond donors (Lipinski definition) is 1. The number of rotatable bonds is 5. The van der Waals surface area contributed by atoms with Crippen molar-refractivity contribution < 1.29 is 0 Å². The summed E-state index contributed by atoms with van der Waals surface area (Å²) >= 11 is 0. The van der Waals surface area contributed by atoms with Gasteiger partial charge in [0.2, 0.25) is 0 Å². The lowest BCUT2D eigenvalue weighted by Gasteiger charge is -2.28. The van der Waals surface area contributed by atoms with Crippen LogP contribution in [-0.2, 0) is 6.42 Å². The first kappa shape index (κ1) is 15.6. The predicted octanol–water partition coefficient (Wildman–Crippen LogP) is 3.94. The zero-order chi connectivity index (χ0) is 14.5. The molecule has 1 saturated carbocycles. The van der Waals surface area contributed by atoms with Crippen molar-refractivity contribution in [3.8, 4) is 0 Å². The average Bonchev–Trinajstić information content (AvgIpc) is 2.62. The van der Waals surface area contributed by atoms with Crippen LogP contribution in [0.1, 0.15) is 75.4 Å². The standard InChI is InChI=1S/C17H31N3/c1-5-12-18-16-10-8-7-9-11-17(16)20-14(4)15(6-2)13(3)19-20/h16-18H,5-12H2,1-4H3. The summed E-state index contributed by atoms with van der Waals surface area (Å²) in [7, 11) is 0. The Morgan fingerprint density at radius 2 is 1.90 bits per heavy atom. The van der Waals surface area contributed by atoms with Gasteiger partial charge in [0.05, 0.1) is 11.7 Å². The van der Waals surface area contributed by atoms with Gasteiger partial charge in [0.25, 0.3) is 0 Å². The molecule has 2 rings (SSSR count). The molecule has 0 aliphatic heterocycles. The molecule has 2 unspecified atom stereocenters. The van der Waals surface area contributed by atoms with Crippen LogP contribution in [0.25, 0.3) is 0 Å². The van der Waals surface area contributed by atoms with Gasteiger partial charge in [-0.05, 0) is 51.6 Å². The second-order valence-electron chi connectivity index (χ2n) is 6.21. The molecule has 1 aromatic rings. The third kappa shape index (κ3) is 3.25. The summed E-state index contributed by atoms with van der Waals surface area (Å²) in [5, 5.41) is 8.65. The number of nitrogens with one attached hydrogen (secondary N) is 1. The number of nitrogens with zero attached hydrogens (tertiary/aromatic N) is 2. The van der Waals surface area contributed by atoms with Crippen molar-refractivity contribution in [3.63, 3.8) is 0 Å². The zero-order valence-electron chi connectivity index (χ0n) is 13.7. The van der Waals surface area contributed by atoms with E-state index < -0.39 is 0 Å². The normalized spacial score (nSPS) is 23.8. The highest BCUT2D eigenvalue weighted by atomic mass is 15.3. The topological polar surface area (TPSA) is 29.9 Å². The van der Waals surface area contributed by atoms with Gasteiger partial charge in [-0.25, -0.2) is 0 Å². The molecule has 0 radical (unpaired) electrons. The second-order valence-corrected chi connectivity index (χ2v) is 6.21. The molecule has 3 nitrogen and oxygen atoms in total. The summed E-state index contributed by atoms with van der Waals surface area (Å²) in [6, 6.07) is 1.14. The Morgan fingerprint density at radius 1 is 1.15 bits per heavy atom. The largest absolute Gasteiger partial charge is 0.312 e. The van der Waals surface area contributed by atoms with Crippen LogP contribution in [0.5, 0.6) is 0 Å². The smallest absolute Gasteiger partial charge is 0.0675 e. The predicted molar refractivity (Wildman–Crippen MR) is 85.3 cm³/mol. The molecule has 2 atom stereocenters. The Hall–Kier alpha value is -0.830. The first-order valence-electron chi connectivity index (χ1n) is 8.47. The molecule has 1 aliphatic rings. The molecular weight excluding hydrogens is 246 g/mol. The fraction of sp³-hybridized carbons (Fsp3) is 0.824. The van der Waals surface area contributed by atoms with Gasteiger partial charge in [-0.1, -0.05) is 33.1 Å². The van der Waals surface area contributed by atoms with Gasteiger partial charge < -0.3 is 5.32 Å². The Bertz CT molecular complexity index is 422. The molecule has 1 fully saturated rings. The molecule has 0 bridgehead atoms. The Morgan fingerprint density at radius 3 is 2.55 bits per heavy atom. The lowest BCUT2D eigenvalue weighted by atomic mass is 10.0. The minimum atomic E-state index is 0.544. The number of hydrogen-bond acceptors (Lipinski definition) is 2. The van der Waals surface area contributed by atoms with Crippen LogP contribution >= 0.6 is 0 Å². The quantitative estimate of drug-likeness (QED) is 0.826. The molecule has 1 N–H and O–H groups in total. The van der Waals surface area contributed by atoms with Crippen LogP contribution in [0.3, 0.4) is 0 Å². The Balaban J connectivity index is 2.25. The molecule has 0 amide bonds. The fourth-order valence-electron chi connectivity index (χ4n) is 3.68. The molecule has 1 heterocycles. The first-order chi connectivity index (χ1) is 9.69. The van der Waals surface area contributed by atoms with E-state index in [1.807, 2.05) is 0 Å². The van der Waals surface area contributed by atoms with Gasteiger partial charge in [-0.15, -0.1) is 0 Å². The van der Waals surface area contributed by atoms with E-state index in [2.05, 4.69) is 37.7 Å². The van der Waals surface area contributed by atoms with E-state index in [-0.39, 0.29) is 0 Å². The molecular formula is C17H31N3. The zero-order valence-corrected chi connectivity index (χ0v) is 13.7. The number of aryl methyl sites for hydroxylation is 1. The summed E-state index contributed by atoms with van der Waals surface area (Å²) in [5.41, 5.74) is 4.06. The van der Waals surface area contributed by atoms with Crippen LogP contribution in [-0.4, -0.2) is 22.4 Å². The number of aromatic nitrogens is 2. The summed E-state index contributed by atoms with van der Waals surface area (Å²) in [6.07, 6.45) is 8.95. The Kier molecular flexibility index (Phi) is 5.64.